The zero-order valence-corrected chi connectivity index (χ0v) is 28.0. The molecule has 6 nitrogen and oxygen atoms in total. The Kier molecular flexibility index (Phi) is 9.68. The molecule has 1 heterocycles. The zero-order valence-electron chi connectivity index (χ0n) is 27.0. The molecule has 1 aliphatic heterocycles. The molecule has 0 radical (unpaired) electrons. The number of hydrogen-bond donors (Lipinski definition) is 1. The Hall–Kier alpha value is -3.78. The van der Waals surface area contributed by atoms with Gasteiger partial charge in [0.15, 0.2) is 23.0 Å². The maximum atomic E-state index is 7.27. The second-order valence-electron chi connectivity index (χ2n) is 12.3. The molecule has 1 N–H and O–H groups in total. The maximum Gasteiger partial charge on any atom is 0.261 e. The van der Waals surface area contributed by atoms with Gasteiger partial charge in [-0.1, -0.05) is 81.4 Å². The fourth-order valence-corrected chi connectivity index (χ4v) is 11.2. The van der Waals surface area contributed by atoms with Gasteiger partial charge in [-0.15, -0.1) is 0 Å². The van der Waals surface area contributed by atoms with Crippen molar-refractivity contribution in [1.82, 2.24) is 5.32 Å². The smallest absolute Gasteiger partial charge is 0.261 e. The van der Waals surface area contributed by atoms with E-state index in [9.17, 15) is 0 Å². The molecule has 7 heteroatoms. The molecule has 5 rings (SSSR count). The average Bonchev–Trinajstić information content (AvgIpc) is 3.05. The molecule has 1 atom stereocenters. The van der Waals surface area contributed by atoms with Crippen LogP contribution < -0.4 is 34.6 Å². The van der Waals surface area contributed by atoms with E-state index >= 15 is 0 Å². The van der Waals surface area contributed by atoms with E-state index in [1.165, 1.54) is 32.6 Å². The number of fused-ring (bicyclic) bond motifs is 1. The third kappa shape index (κ3) is 6.09. The second kappa shape index (κ2) is 13.5. The van der Waals surface area contributed by atoms with E-state index in [0.717, 1.165) is 42.4 Å². The Morgan fingerprint density at radius 3 is 1.70 bits per heavy atom. The molecule has 0 bridgehead atoms. The molecule has 0 aromatic heterocycles. The van der Waals surface area contributed by atoms with Crippen LogP contribution in [0.4, 0.5) is 0 Å². The summed E-state index contributed by atoms with van der Waals surface area (Å²) in [5.41, 5.74) is 4.84. The minimum atomic E-state index is -2.66. The van der Waals surface area contributed by atoms with Gasteiger partial charge >= 0.3 is 0 Å². The maximum absolute atomic E-state index is 7.27. The fourth-order valence-electron chi connectivity index (χ4n) is 6.62. The van der Waals surface area contributed by atoms with Crippen LogP contribution in [0.1, 0.15) is 49.1 Å². The average molecular weight is 612 g/mol. The van der Waals surface area contributed by atoms with E-state index in [1.807, 2.05) is 0 Å². The minimum absolute atomic E-state index is 0.0864. The Morgan fingerprint density at radius 2 is 1.18 bits per heavy atom. The van der Waals surface area contributed by atoms with Gasteiger partial charge in [0.2, 0.25) is 0 Å². The summed E-state index contributed by atoms with van der Waals surface area (Å²) in [5, 5.41) is 6.23. The number of rotatable bonds is 11. The lowest BCUT2D eigenvalue weighted by Crippen LogP contribution is -2.66. The molecular weight excluding hydrogens is 566 g/mol. The van der Waals surface area contributed by atoms with E-state index in [-0.39, 0.29) is 11.1 Å². The van der Waals surface area contributed by atoms with Crippen molar-refractivity contribution in [3.05, 3.63) is 107 Å². The van der Waals surface area contributed by atoms with Crippen LogP contribution >= 0.6 is 0 Å². The summed E-state index contributed by atoms with van der Waals surface area (Å²) in [6.45, 7) is 8.24. The monoisotopic (exact) mass is 611 g/mol. The molecule has 4 aromatic carbocycles. The van der Waals surface area contributed by atoms with Gasteiger partial charge in [0, 0.05) is 19.2 Å². The highest BCUT2D eigenvalue weighted by atomic mass is 28.4. The van der Waals surface area contributed by atoms with E-state index in [4.69, 9.17) is 23.4 Å². The van der Waals surface area contributed by atoms with Crippen molar-refractivity contribution in [2.24, 2.45) is 0 Å². The van der Waals surface area contributed by atoms with Gasteiger partial charge < -0.3 is 28.7 Å². The summed E-state index contributed by atoms with van der Waals surface area (Å²) in [7, 11) is 4.07. The van der Waals surface area contributed by atoms with Crippen molar-refractivity contribution in [3.63, 3.8) is 0 Å². The molecule has 0 fully saturated rings. The van der Waals surface area contributed by atoms with Crippen molar-refractivity contribution in [1.29, 1.82) is 0 Å². The standard InChI is InChI=1S/C37H45NO5Si/c1-37(2,3)44(29-14-10-8-11-15-29,30-16-12-9-13-17-30)43-19-18-26-21-33(39-4)36(42-7)24-31(26)32-20-27-22-34(40-5)35(41-6)23-28(27)25-38-32/h8-17,21-24,32,38H,18-20,25H2,1-7H3. The summed E-state index contributed by atoms with van der Waals surface area (Å²) in [6.07, 6.45) is 1.55. The number of benzene rings is 4. The quantitative estimate of drug-likeness (QED) is 0.203. The zero-order chi connectivity index (χ0) is 31.3. The molecule has 232 valence electrons. The lowest BCUT2D eigenvalue weighted by molar-refractivity contribution is 0.300. The van der Waals surface area contributed by atoms with Gasteiger partial charge in [-0.3, -0.25) is 0 Å². The SMILES string of the molecule is COc1cc2c(cc1OC)CC(c1cc(OC)c(OC)cc1CCO[Si](c1ccccc1)(c1ccccc1)C(C)(C)C)NC2. The highest BCUT2D eigenvalue weighted by Crippen LogP contribution is 2.40. The first kappa shape index (κ1) is 31.6. The van der Waals surface area contributed by atoms with Gasteiger partial charge in [0.05, 0.1) is 28.4 Å². The highest BCUT2D eigenvalue weighted by Gasteiger charge is 2.50. The highest BCUT2D eigenvalue weighted by molar-refractivity contribution is 6.99. The summed E-state index contributed by atoms with van der Waals surface area (Å²) in [4.78, 5) is 0. The van der Waals surface area contributed by atoms with Crippen LogP contribution in [-0.4, -0.2) is 43.4 Å². The molecule has 0 saturated carbocycles. The van der Waals surface area contributed by atoms with Gasteiger partial charge in [-0.05, 0) is 74.8 Å². The molecule has 44 heavy (non-hydrogen) atoms. The molecule has 0 amide bonds. The molecule has 1 aliphatic rings. The van der Waals surface area contributed by atoms with Gasteiger partial charge in [-0.2, -0.15) is 0 Å². The first-order chi connectivity index (χ1) is 21.2. The summed E-state index contributed by atoms with van der Waals surface area (Å²) in [6, 6.07) is 30.1. The molecule has 4 aromatic rings. The predicted octanol–water partition coefficient (Wildman–Crippen LogP) is 6.23. The molecule has 0 spiro atoms. The first-order valence-corrected chi connectivity index (χ1v) is 17.1. The Balaban J connectivity index is 1.50. The first-order valence-electron chi connectivity index (χ1n) is 15.2. The summed E-state index contributed by atoms with van der Waals surface area (Å²) >= 11 is 0. The third-order valence-electron chi connectivity index (χ3n) is 8.80. The van der Waals surface area contributed by atoms with E-state index in [1.54, 1.807) is 28.4 Å². The Bertz CT molecular complexity index is 1510. The minimum Gasteiger partial charge on any atom is -0.493 e. The Labute approximate surface area is 263 Å². The van der Waals surface area contributed by atoms with Crippen LogP contribution in [0.15, 0.2) is 84.9 Å². The molecule has 0 saturated heterocycles. The van der Waals surface area contributed by atoms with E-state index in [0.29, 0.717) is 6.61 Å². The molecule has 0 aliphatic carbocycles. The van der Waals surface area contributed by atoms with Crippen LogP contribution in [0.5, 0.6) is 23.0 Å². The second-order valence-corrected chi connectivity index (χ2v) is 16.6. The van der Waals surface area contributed by atoms with Gasteiger partial charge in [0.1, 0.15) is 0 Å². The predicted molar refractivity (Wildman–Crippen MR) is 180 cm³/mol. The fraction of sp³-hybridized carbons (Fsp3) is 0.351. The molecular formula is C37H45NO5Si. The van der Waals surface area contributed by atoms with Gasteiger partial charge in [-0.25, -0.2) is 0 Å². The van der Waals surface area contributed by atoms with Crippen LogP contribution in [0.25, 0.3) is 0 Å². The van der Waals surface area contributed by atoms with Crippen LogP contribution in [0, 0.1) is 0 Å². The van der Waals surface area contributed by atoms with Crippen molar-refractivity contribution >= 4 is 18.7 Å². The topological polar surface area (TPSA) is 58.2 Å². The summed E-state index contributed by atoms with van der Waals surface area (Å²) in [5.74, 6) is 2.94. The lowest BCUT2D eigenvalue weighted by atomic mass is 9.88. The van der Waals surface area contributed by atoms with Gasteiger partial charge in [0.25, 0.3) is 8.32 Å². The van der Waals surface area contributed by atoms with Crippen molar-refractivity contribution in [3.8, 4) is 23.0 Å². The van der Waals surface area contributed by atoms with Crippen LogP contribution in [-0.2, 0) is 23.8 Å². The van der Waals surface area contributed by atoms with Crippen molar-refractivity contribution in [2.75, 3.05) is 35.0 Å². The Morgan fingerprint density at radius 1 is 0.682 bits per heavy atom. The largest absolute Gasteiger partial charge is 0.493 e. The van der Waals surface area contributed by atoms with Crippen LogP contribution in [0.2, 0.25) is 5.04 Å². The third-order valence-corrected chi connectivity index (χ3v) is 13.8. The lowest BCUT2D eigenvalue weighted by Gasteiger charge is -2.43. The van der Waals surface area contributed by atoms with Crippen molar-refractivity contribution in [2.45, 2.75) is 51.2 Å². The molecule has 1 unspecified atom stereocenters. The van der Waals surface area contributed by atoms with Crippen LogP contribution in [0.3, 0.4) is 0 Å². The number of methoxy groups -OCH3 is 4. The number of hydrogen-bond acceptors (Lipinski definition) is 6. The number of ether oxygens (including phenoxy) is 4. The normalized spacial score (nSPS) is 14.9. The van der Waals surface area contributed by atoms with E-state index < -0.39 is 8.32 Å². The summed E-state index contributed by atoms with van der Waals surface area (Å²) < 4.78 is 30.0. The number of nitrogens with one attached hydrogen (secondary N) is 1. The van der Waals surface area contributed by atoms with E-state index in [2.05, 4.69) is 111 Å². The van der Waals surface area contributed by atoms with Crippen molar-refractivity contribution < 1.29 is 23.4 Å².